The van der Waals surface area contributed by atoms with Crippen molar-refractivity contribution in [2.45, 2.75) is 45.7 Å². The van der Waals surface area contributed by atoms with Crippen molar-refractivity contribution in [3.05, 3.63) is 35.4 Å². The molecule has 2 rings (SSSR count). The SMILES string of the molecule is CCCCS(=O)(=O)N1Cc2ccccc2CC1C. The average Bonchev–Trinajstić information content (AvgIpc) is 2.35. The maximum atomic E-state index is 12.3. The molecule has 1 atom stereocenters. The van der Waals surface area contributed by atoms with Crippen LogP contribution in [0.2, 0.25) is 0 Å². The third-order valence-electron chi connectivity index (χ3n) is 3.56. The summed E-state index contributed by atoms with van der Waals surface area (Å²) in [5.41, 5.74) is 2.43. The number of hydrogen-bond acceptors (Lipinski definition) is 2. The number of rotatable bonds is 4. The molecule has 1 aromatic rings. The molecule has 1 heterocycles. The smallest absolute Gasteiger partial charge is 0.212 e. The Morgan fingerprint density at radius 1 is 1.28 bits per heavy atom. The fourth-order valence-corrected chi connectivity index (χ4v) is 4.32. The van der Waals surface area contributed by atoms with Gasteiger partial charge in [-0.3, -0.25) is 0 Å². The zero-order chi connectivity index (χ0) is 13.2. The van der Waals surface area contributed by atoms with Crippen LogP contribution in [0.3, 0.4) is 0 Å². The van der Waals surface area contributed by atoms with Gasteiger partial charge in [-0.05, 0) is 30.9 Å². The molecular weight excluding hydrogens is 246 g/mol. The van der Waals surface area contributed by atoms with Crippen LogP contribution in [0.15, 0.2) is 24.3 Å². The van der Waals surface area contributed by atoms with Crippen LogP contribution in [-0.2, 0) is 23.0 Å². The highest BCUT2D eigenvalue weighted by Gasteiger charge is 2.31. The van der Waals surface area contributed by atoms with E-state index in [1.54, 1.807) is 4.31 Å². The summed E-state index contributed by atoms with van der Waals surface area (Å²) >= 11 is 0. The van der Waals surface area contributed by atoms with Gasteiger partial charge in [-0.15, -0.1) is 0 Å². The van der Waals surface area contributed by atoms with Crippen LogP contribution >= 0.6 is 0 Å². The Hall–Kier alpha value is -0.870. The molecular formula is C14H21NO2S. The highest BCUT2D eigenvalue weighted by Crippen LogP contribution is 2.25. The fourth-order valence-electron chi connectivity index (χ4n) is 2.47. The molecule has 100 valence electrons. The monoisotopic (exact) mass is 267 g/mol. The van der Waals surface area contributed by atoms with E-state index in [-0.39, 0.29) is 11.8 Å². The second kappa shape index (κ2) is 5.41. The summed E-state index contributed by atoms with van der Waals surface area (Å²) in [4.78, 5) is 0. The first-order chi connectivity index (χ1) is 8.54. The van der Waals surface area contributed by atoms with Crippen molar-refractivity contribution < 1.29 is 8.42 Å². The fraction of sp³-hybridized carbons (Fsp3) is 0.571. The molecule has 0 saturated carbocycles. The van der Waals surface area contributed by atoms with Crippen LogP contribution in [0.1, 0.15) is 37.8 Å². The van der Waals surface area contributed by atoms with Crippen molar-refractivity contribution in [1.29, 1.82) is 0 Å². The molecule has 0 N–H and O–H groups in total. The molecule has 0 radical (unpaired) electrons. The van der Waals surface area contributed by atoms with Crippen LogP contribution < -0.4 is 0 Å². The van der Waals surface area contributed by atoms with E-state index in [4.69, 9.17) is 0 Å². The quantitative estimate of drug-likeness (QED) is 0.841. The summed E-state index contributed by atoms with van der Waals surface area (Å²) in [7, 11) is -3.10. The largest absolute Gasteiger partial charge is 0.214 e. The van der Waals surface area contributed by atoms with Gasteiger partial charge in [0.1, 0.15) is 0 Å². The number of benzene rings is 1. The van der Waals surface area contributed by atoms with Gasteiger partial charge in [-0.1, -0.05) is 37.6 Å². The first-order valence-electron chi connectivity index (χ1n) is 6.61. The van der Waals surface area contributed by atoms with Crippen LogP contribution in [0.25, 0.3) is 0 Å². The Morgan fingerprint density at radius 2 is 1.94 bits per heavy atom. The van der Waals surface area contributed by atoms with E-state index in [9.17, 15) is 8.42 Å². The van der Waals surface area contributed by atoms with Gasteiger partial charge in [0.15, 0.2) is 0 Å². The van der Waals surface area contributed by atoms with Crippen molar-refractivity contribution in [3.63, 3.8) is 0 Å². The summed E-state index contributed by atoms with van der Waals surface area (Å²) in [5.74, 6) is 0.274. The van der Waals surface area contributed by atoms with E-state index < -0.39 is 10.0 Å². The maximum absolute atomic E-state index is 12.3. The highest BCUT2D eigenvalue weighted by molar-refractivity contribution is 7.89. The minimum Gasteiger partial charge on any atom is -0.212 e. The summed E-state index contributed by atoms with van der Waals surface area (Å²) in [6.07, 6.45) is 2.48. The van der Waals surface area contributed by atoms with Crippen LogP contribution in [0.5, 0.6) is 0 Å². The molecule has 0 spiro atoms. The van der Waals surface area contributed by atoms with E-state index in [0.717, 1.165) is 24.8 Å². The average molecular weight is 267 g/mol. The second-order valence-corrected chi connectivity index (χ2v) is 7.08. The third-order valence-corrected chi connectivity index (χ3v) is 5.57. The number of hydrogen-bond donors (Lipinski definition) is 0. The van der Waals surface area contributed by atoms with Crippen molar-refractivity contribution in [3.8, 4) is 0 Å². The van der Waals surface area contributed by atoms with Gasteiger partial charge in [0.25, 0.3) is 0 Å². The summed E-state index contributed by atoms with van der Waals surface area (Å²) in [6.45, 7) is 4.55. The Balaban J connectivity index is 2.21. The predicted octanol–water partition coefficient (Wildman–Crippen LogP) is 2.56. The van der Waals surface area contributed by atoms with Crippen molar-refractivity contribution in [1.82, 2.24) is 4.31 Å². The molecule has 1 unspecified atom stereocenters. The standard InChI is InChI=1S/C14H21NO2S/c1-3-4-9-18(16,17)15-11-14-8-6-5-7-13(14)10-12(15)2/h5-8,12H,3-4,9-11H2,1-2H3. The molecule has 0 aliphatic carbocycles. The molecule has 0 aromatic heterocycles. The second-order valence-electron chi connectivity index (χ2n) is 5.04. The van der Waals surface area contributed by atoms with Crippen LogP contribution in [0, 0.1) is 0 Å². The molecule has 1 aliphatic rings. The minimum atomic E-state index is -3.10. The highest BCUT2D eigenvalue weighted by atomic mass is 32.2. The number of fused-ring (bicyclic) bond motifs is 1. The molecule has 0 bridgehead atoms. The zero-order valence-corrected chi connectivity index (χ0v) is 11.9. The first-order valence-corrected chi connectivity index (χ1v) is 8.22. The van der Waals surface area contributed by atoms with Crippen LogP contribution in [0.4, 0.5) is 0 Å². The summed E-state index contributed by atoms with van der Waals surface area (Å²) < 4.78 is 26.3. The molecule has 0 saturated heterocycles. The topological polar surface area (TPSA) is 37.4 Å². The molecule has 3 nitrogen and oxygen atoms in total. The van der Waals surface area contributed by atoms with E-state index >= 15 is 0 Å². The Kier molecular flexibility index (Phi) is 4.07. The van der Waals surface area contributed by atoms with E-state index in [2.05, 4.69) is 6.07 Å². The van der Waals surface area contributed by atoms with E-state index in [0.29, 0.717) is 6.54 Å². The Morgan fingerprint density at radius 3 is 2.61 bits per heavy atom. The lowest BCUT2D eigenvalue weighted by atomic mass is 9.97. The van der Waals surface area contributed by atoms with Gasteiger partial charge in [0, 0.05) is 12.6 Å². The first kappa shape index (κ1) is 13.6. The molecule has 1 aliphatic heterocycles. The van der Waals surface area contributed by atoms with Gasteiger partial charge in [-0.2, -0.15) is 4.31 Å². The maximum Gasteiger partial charge on any atom is 0.214 e. The lowest BCUT2D eigenvalue weighted by molar-refractivity contribution is 0.309. The zero-order valence-electron chi connectivity index (χ0n) is 11.1. The summed E-state index contributed by atoms with van der Waals surface area (Å²) in [5, 5.41) is 0. The normalized spacial score (nSPS) is 20.7. The number of unbranched alkanes of at least 4 members (excludes halogenated alkanes) is 1. The Bertz CT molecular complexity index is 510. The van der Waals surface area contributed by atoms with E-state index in [1.807, 2.05) is 32.0 Å². The van der Waals surface area contributed by atoms with E-state index in [1.165, 1.54) is 5.56 Å². The van der Waals surface area contributed by atoms with Gasteiger partial charge >= 0.3 is 0 Å². The Labute approximate surface area is 110 Å². The molecule has 0 amide bonds. The van der Waals surface area contributed by atoms with Gasteiger partial charge in [0.05, 0.1) is 5.75 Å². The predicted molar refractivity (Wildman–Crippen MR) is 73.8 cm³/mol. The van der Waals surface area contributed by atoms with Crippen molar-refractivity contribution in [2.24, 2.45) is 0 Å². The molecule has 4 heteroatoms. The lowest BCUT2D eigenvalue weighted by Gasteiger charge is -2.33. The third kappa shape index (κ3) is 2.75. The van der Waals surface area contributed by atoms with Crippen molar-refractivity contribution >= 4 is 10.0 Å². The lowest BCUT2D eigenvalue weighted by Crippen LogP contribution is -2.43. The van der Waals surface area contributed by atoms with Gasteiger partial charge in [0.2, 0.25) is 10.0 Å². The minimum absolute atomic E-state index is 0.0711. The number of sulfonamides is 1. The van der Waals surface area contributed by atoms with Gasteiger partial charge in [-0.25, -0.2) is 8.42 Å². The van der Waals surface area contributed by atoms with Gasteiger partial charge < -0.3 is 0 Å². The van der Waals surface area contributed by atoms with Crippen LogP contribution in [-0.4, -0.2) is 24.5 Å². The molecule has 0 fully saturated rings. The van der Waals surface area contributed by atoms with Crippen molar-refractivity contribution in [2.75, 3.05) is 5.75 Å². The number of nitrogens with zero attached hydrogens (tertiary/aromatic N) is 1. The summed E-state index contributed by atoms with van der Waals surface area (Å²) in [6, 6.07) is 8.20. The molecule has 1 aromatic carbocycles. The molecule has 18 heavy (non-hydrogen) atoms.